The number of aromatic amines is 1. The highest BCUT2D eigenvalue weighted by molar-refractivity contribution is 7.15. The van der Waals surface area contributed by atoms with E-state index in [2.05, 4.69) is 37.3 Å². The van der Waals surface area contributed by atoms with Gasteiger partial charge in [-0.2, -0.15) is 10.2 Å². The summed E-state index contributed by atoms with van der Waals surface area (Å²) in [6.07, 6.45) is 6.57. The molecule has 0 aromatic carbocycles. The average Bonchev–Trinajstić information content (AvgIpc) is 3.41. The van der Waals surface area contributed by atoms with Crippen LogP contribution in [0.5, 0.6) is 0 Å². The second-order valence-electron chi connectivity index (χ2n) is 7.43. The maximum absolute atomic E-state index is 10.6. The number of H-pyrrole nitrogens is 1. The van der Waals surface area contributed by atoms with Crippen LogP contribution >= 0.6 is 11.3 Å². The summed E-state index contributed by atoms with van der Waals surface area (Å²) in [5, 5.41) is 21.9. The monoisotopic (exact) mass is 370 g/mol. The lowest BCUT2D eigenvalue weighted by atomic mass is 9.77. The van der Waals surface area contributed by atoms with E-state index >= 15 is 0 Å². The molecule has 4 atom stereocenters. The molecule has 5 rings (SSSR count). The molecule has 0 unspecified atom stereocenters. The fraction of sp³-hybridized carbons (Fsp3) is 0.500. The Morgan fingerprint density at radius 1 is 1.19 bits per heavy atom. The van der Waals surface area contributed by atoms with Gasteiger partial charge >= 0.3 is 0 Å². The van der Waals surface area contributed by atoms with Crippen molar-refractivity contribution in [2.75, 3.05) is 13.1 Å². The zero-order chi connectivity index (χ0) is 17.5. The van der Waals surface area contributed by atoms with Gasteiger partial charge < -0.3 is 5.11 Å². The number of aliphatic hydroxyl groups is 1. The summed E-state index contributed by atoms with van der Waals surface area (Å²) in [6, 6.07) is 6.45. The highest BCUT2D eigenvalue weighted by Gasteiger charge is 2.42. The Labute approximate surface area is 155 Å². The second-order valence-corrected chi connectivity index (χ2v) is 8.60. The van der Waals surface area contributed by atoms with E-state index in [-0.39, 0.29) is 12.1 Å². The summed E-state index contributed by atoms with van der Waals surface area (Å²) in [5.74, 6) is 1.21. The Kier molecular flexibility index (Phi) is 4.11. The SMILES string of the molecule is O[C@@H]1C[C@H]2CN(Cc3ccc(-c4ccn[nH]4)s3)C[C@H]2C[C@H]1n1cncn1. The maximum Gasteiger partial charge on any atom is 0.137 e. The maximum atomic E-state index is 10.6. The molecule has 1 saturated carbocycles. The zero-order valence-corrected chi connectivity index (χ0v) is 15.2. The lowest BCUT2D eigenvalue weighted by molar-refractivity contribution is 0.0304. The van der Waals surface area contributed by atoms with Crippen LogP contribution < -0.4 is 0 Å². The fourth-order valence-electron chi connectivity index (χ4n) is 4.53. The molecule has 3 aromatic heterocycles. The summed E-state index contributed by atoms with van der Waals surface area (Å²) in [4.78, 5) is 9.18. The number of fused-ring (bicyclic) bond motifs is 1. The molecule has 4 heterocycles. The lowest BCUT2D eigenvalue weighted by Gasteiger charge is -2.35. The molecule has 1 aliphatic carbocycles. The van der Waals surface area contributed by atoms with E-state index in [9.17, 15) is 5.11 Å². The van der Waals surface area contributed by atoms with Gasteiger partial charge in [0, 0.05) is 30.7 Å². The van der Waals surface area contributed by atoms with Gasteiger partial charge in [-0.25, -0.2) is 9.67 Å². The van der Waals surface area contributed by atoms with Crippen LogP contribution in [0.4, 0.5) is 0 Å². The fourth-order valence-corrected chi connectivity index (χ4v) is 5.55. The van der Waals surface area contributed by atoms with Crippen molar-refractivity contribution in [1.82, 2.24) is 29.9 Å². The molecule has 26 heavy (non-hydrogen) atoms. The molecule has 0 amide bonds. The Hall–Kier alpha value is -2.03. The standard InChI is InChI=1S/C18H22N6OS/c25-17-6-13-8-23(7-12(13)5-16(17)24-11-19-10-21-24)9-14-1-2-18(26-14)15-3-4-20-22-15/h1-4,10-13,16-17,25H,5-9H2,(H,20,22)/t12-,13+,16-,17-/m1/s1. The molecule has 2 N–H and O–H groups in total. The highest BCUT2D eigenvalue weighted by atomic mass is 32.1. The predicted octanol–water partition coefficient (Wildman–Crippen LogP) is 2.17. The van der Waals surface area contributed by atoms with Crippen molar-refractivity contribution in [3.63, 3.8) is 0 Å². The van der Waals surface area contributed by atoms with Crippen LogP contribution in [-0.4, -0.2) is 54.2 Å². The number of nitrogens with one attached hydrogen (secondary N) is 1. The van der Waals surface area contributed by atoms with Gasteiger partial charge in [0.15, 0.2) is 0 Å². The van der Waals surface area contributed by atoms with Crippen LogP contribution in [0.1, 0.15) is 23.8 Å². The molecule has 2 aliphatic rings. The van der Waals surface area contributed by atoms with Gasteiger partial charge in [-0.05, 0) is 42.9 Å². The third-order valence-electron chi connectivity index (χ3n) is 5.77. The molecular formula is C18H22N6OS. The molecule has 0 spiro atoms. The van der Waals surface area contributed by atoms with Gasteiger partial charge in [0.1, 0.15) is 12.7 Å². The molecule has 0 bridgehead atoms. The van der Waals surface area contributed by atoms with E-state index in [0.29, 0.717) is 11.8 Å². The van der Waals surface area contributed by atoms with Gasteiger partial charge in [-0.3, -0.25) is 10.00 Å². The van der Waals surface area contributed by atoms with Crippen LogP contribution in [0.2, 0.25) is 0 Å². The van der Waals surface area contributed by atoms with Crippen molar-refractivity contribution in [3.05, 3.63) is 41.9 Å². The minimum Gasteiger partial charge on any atom is -0.391 e. The number of likely N-dealkylation sites (tertiary alicyclic amines) is 1. The van der Waals surface area contributed by atoms with Crippen molar-refractivity contribution in [1.29, 1.82) is 0 Å². The molecule has 136 valence electrons. The second kappa shape index (κ2) is 6.61. The van der Waals surface area contributed by atoms with E-state index in [1.54, 1.807) is 18.9 Å². The van der Waals surface area contributed by atoms with Crippen molar-refractivity contribution >= 4 is 11.3 Å². The first-order valence-electron chi connectivity index (χ1n) is 9.09. The molecule has 7 nitrogen and oxygen atoms in total. The van der Waals surface area contributed by atoms with Crippen molar-refractivity contribution in [2.45, 2.75) is 31.5 Å². The summed E-state index contributed by atoms with van der Waals surface area (Å²) in [6.45, 7) is 3.15. The number of rotatable bonds is 4. The highest BCUT2D eigenvalue weighted by Crippen LogP contribution is 2.41. The van der Waals surface area contributed by atoms with Crippen molar-refractivity contribution < 1.29 is 5.11 Å². The minimum absolute atomic E-state index is 0.0624. The van der Waals surface area contributed by atoms with Gasteiger partial charge in [-0.15, -0.1) is 11.3 Å². The van der Waals surface area contributed by atoms with Crippen LogP contribution in [0.15, 0.2) is 37.1 Å². The molecule has 1 aliphatic heterocycles. The average molecular weight is 370 g/mol. The number of hydrogen-bond donors (Lipinski definition) is 2. The first-order chi connectivity index (χ1) is 12.8. The quantitative estimate of drug-likeness (QED) is 0.735. The molecule has 2 fully saturated rings. The molecular weight excluding hydrogens is 348 g/mol. The number of aliphatic hydroxyl groups excluding tert-OH is 1. The summed E-state index contributed by atoms with van der Waals surface area (Å²) in [5.41, 5.74) is 1.08. The van der Waals surface area contributed by atoms with E-state index in [1.165, 1.54) is 9.75 Å². The number of hydrogen-bond acceptors (Lipinski definition) is 6. The van der Waals surface area contributed by atoms with Crippen LogP contribution in [-0.2, 0) is 6.54 Å². The third kappa shape index (κ3) is 2.98. The number of thiophene rings is 1. The normalized spacial score (nSPS) is 29.1. The first kappa shape index (κ1) is 16.2. The zero-order valence-electron chi connectivity index (χ0n) is 14.4. The Morgan fingerprint density at radius 3 is 2.85 bits per heavy atom. The number of aromatic nitrogens is 5. The van der Waals surface area contributed by atoms with Gasteiger partial charge in [-0.1, -0.05) is 0 Å². The molecule has 8 heteroatoms. The van der Waals surface area contributed by atoms with Crippen LogP contribution in [0, 0.1) is 11.8 Å². The molecule has 1 saturated heterocycles. The predicted molar refractivity (Wildman–Crippen MR) is 98.5 cm³/mol. The van der Waals surface area contributed by atoms with Gasteiger partial charge in [0.25, 0.3) is 0 Å². The summed E-state index contributed by atoms with van der Waals surface area (Å²) in [7, 11) is 0. The third-order valence-corrected chi connectivity index (χ3v) is 6.87. The van der Waals surface area contributed by atoms with Crippen LogP contribution in [0.25, 0.3) is 10.6 Å². The van der Waals surface area contributed by atoms with E-state index in [0.717, 1.165) is 38.2 Å². The Bertz CT molecular complexity index is 845. The van der Waals surface area contributed by atoms with E-state index in [4.69, 9.17) is 0 Å². The van der Waals surface area contributed by atoms with Gasteiger partial charge in [0.05, 0.1) is 22.7 Å². The Balaban J connectivity index is 1.25. The van der Waals surface area contributed by atoms with E-state index < -0.39 is 0 Å². The minimum atomic E-state index is -0.327. The molecule has 0 radical (unpaired) electrons. The van der Waals surface area contributed by atoms with Gasteiger partial charge in [0.2, 0.25) is 0 Å². The van der Waals surface area contributed by atoms with Crippen molar-refractivity contribution in [3.8, 4) is 10.6 Å². The largest absolute Gasteiger partial charge is 0.391 e. The van der Waals surface area contributed by atoms with E-state index in [1.807, 2.05) is 22.1 Å². The summed E-state index contributed by atoms with van der Waals surface area (Å²) < 4.78 is 1.83. The van der Waals surface area contributed by atoms with Crippen molar-refractivity contribution in [2.24, 2.45) is 11.8 Å². The Morgan fingerprint density at radius 2 is 2.08 bits per heavy atom. The van der Waals surface area contributed by atoms with Crippen LogP contribution in [0.3, 0.4) is 0 Å². The molecule has 3 aromatic rings. The number of nitrogens with zero attached hydrogens (tertiary/aromatic N) is 5. The lowest BCUT2D eigenvalue weighted by Crippen LogP contribution is -2.36. The smallest absolute Gasteiger partial charge is 0.137 e. The summed E-state index contributed by atoms with van der Waals surface area (Å²) >= 11 is 1.83. The first-order valence-corrected chi connectivity index (χ1v) is 9.91. The topological polar surface area (TPSA) is 82.9 Å².